The number of rotatable bonds is 7. The summed E-state index contributed by atoms with van der Waals surface area (Å²) in [6, 6.07) is 14.9. The zero-order valence-corrected chi connectivity index (χ0v) is 18.3. The van der Waals surface area contributed by atoms with Gasteiger partial charge in [0.25, 0.3) is 0 Å². The van der Waals surface area contributed by atoms with Crippen molar-refractivity contribution in [2.45, 2.75) is 19.8 Å². The molecule has 0 aliphatic carbocycles. The summed E-state index contributed by atoms with van der Waals surface area (Å²) in [5.41, 5.74) is 3.43. The molecule has 1 atom stereocenters. The summed E-state index contributed by atoms with van der Waals surface area (Å²) in [7, 11) is 3.08. The Morgan fingerprint density at radius 3 is 2.56 bits per heavy atom. The average Bonchev–Trinajstić information content (AvgIpc) is 3.45. The molecule has 1 aromatic heterocycles. The fraction of sp³-hybridized carbons (Fsp3) is 0.292. The predicted octanol–water partition coefficient (Wildman–Crippen LogP) is 3.91. The number of anilines is 2. The molecule has 2 heterocycles. The maximum absolute atomic E-state index is 12.8. The van der Waals surface area contributed by atoms with Crippen molar-refractivity contribution in [1.29, 1.82) is 0 Å². The first-order valence-corrected chi connectivity index (χ1v) is 10.4. The van der Waals surface area contributed by atoms with Gasteiger partial charge in [0.2, 0.25) is 17.7 Å². The Labute approximate surface area is 186 Å². The molecule has 2 amide bonds. The first-order chi connectivity index (χ1) is 15.5. The van der Waals surface area contributed by atoms with Gasteiger partial charge in [-0.2, -0.15) is 0 Å². The van der Waals surface area contributed by atoms with Crippen LogP contribution in [0.4, 0.5) is 11.6 Å². The molecule has 8 nitrogen and oxygen atoms in total. The molecule has 1 aliphatic heterocycles. The van der Waals surface area contributed by atoms with Gasteiger partial charge < -0.3 is 18.9 Å². The summed E-state index contributed by atoms with van der Waals surface area (Å²) in [5, 5.41) is 6.78. The van der Waals surface area contributed by atoms with E-state index in [-0.39, 0.29) is 30.7 Å². The van der Waals surface area contributed by atoms with E-state index in [1.54, 1.807) is 36.3 Å². The highest BCUT2D eigenvalue weighted by molar-refractivity contribution is 6.03. The maximum atomic E-state index is 12.8. The molecule has 1 aliphatic rings. The second-order valence-electron chi connectivity index (χ2n) is 7.56. The maximum Gasteiger partial charge on any atom is 0.232 e. The molecular weight excluding hydrogens is 410 g/mol. The Kier molecular flexibility index (Phi) is 6.11. The van der Waals surface area contributed by atoms with Gasteiger partial charge in [-0.05, 0) is 24.1 Å². The Hall–Kier alpha value is -3.81. The molecule has 1 unspecified atom stereocenters. The van der Waals surface area contributed by atoms with Crippen LogP contribution in [-0.4, -0.2) is 37.7 Å². The van der Waals surface area contributed by atoms with Crippen molar-refractivity contribution in [1.82, 2.24) is 5.16 Å². The van der Waals surface area contributed by atoms with Gasteiger partial charge in [-0.1, -0.05) is 36.3 Å². The van der Waals surface area contributed by atoms with E-state index < -0.39 is 5.92 Å². The van der Waals surface area contributed by atoms with E-state index in [2.05, 4.69) is 17.4 Å². The van der Waals surface area contributed by atoms with Crippen molar-refractivity contribution in [3.05, 3.63) is 54.1 Å². The molecule has 0 spiro atoms. The quantitative estimate of drug-likeness (QED) is 0.605. The number of nitrogens with one attached hydrogen (secondary N) is 1. The van der Waals surface area contributed by atoms with Crippen LogP contribution >= 0.6 is 0 Å². The predicted molar refractivity (Wildman–Crippen MR) is 120 cm³/mol. The van der Waals surface area contributed by atoms with E-state index in [1.807, 2.05) is 24.3 Å². The largest absolute Gasteiger partial charge is 0.493 e. The molecule has 1 fully saturated rings. The lowest BCUT2D eigenvalue weighted by atomic mass is 10.1. The summed E-state index contributed by atoms with van der Waals surface area (Å²) >= 11 is 0. The minimum Gasteiger partial charge on any atom is -0.493 e. The van der Waals surface area contributed by atoms with Crippen molar-refractivity contribution in [3.8, 4) is 22.8 Å². The molecule has 3 aromatic rings. The van der Waals surface area contributed by atoms with Crippen LogP contribution in [0.3, 0.4) is 0 Å². The number of amides is 2. The number of carbonyl (C=O) groups is 2. The first kappa shape index (κ1) is 21.4. The highest BCUT2D eigenvalue weighted by Crippen LogP contribution is 2.34. The summed E-state index contributed by atoms with van der Waals surface area (Å²) in [6.45, 7) is 2.36. The zero-order valence-electron chi connectivity index (χ0n) is 18.3. The van der Waals surface area contributed by atoms with E-state index in [0.29, 0.717) is 22.9 Å². The molecule has 1 saturated heterocycles. The van der Waals surface area contributed by atoms with Gasteiger partial charge in [0.05, 0.1) is 20.1 Å². The fourth-order valence-corrected chi connectivity index (χ4v) is 3.73. The van der Waals surface area contributed by atoms with Crippen LogP contribution in [0.5, 0.6) is 11.5 Å². The van der Waals surface area contributed by atoms with E-state index in [9.17, 15) is 9.59 Å². The number of methoxy groups -OCH3 is 2. The van der Waals surface area contributed by atoms with Gasteiger partial charge >= 0.3 is 0 Å². The molecule has 0 radical (unpaired) electrons. The second kappa shape index (κ2) is 9.13. The SMILES string of the molecule is CCc1ccc(-c2cc(NC(=O)C3CC(=O)N(c4ccc(OC)c(OC)c4)C3)on2)cc1. The van der Waals surface area contributed by atoms with Crippen LogP contribution in [-0.2, 0) is 16.0 Å². The van der Waals surface area contributed by atoms with E-state index in [0.717, 1.165) is 12.0 Å². The number of carbonyl (C=O) groups excluding carboxylic acids is 2. The minimum atomic E-state index is -0.506. The van der Waals surface area contributed by atoms with Crippen LogP contribution in [0.25, 0.3) is 11.3 Å². The Balaban J connectivity index is 1.42. The van der Waals surface area contributed by atoms with Crippen molar-refractivity contribution in [3.63, 3.8) is 0 Å². The third-order valence-corrected chi connectivity index (χ3v) is 5.59. The Morgan fingerprint density at radius 2 is 1.88 bits per heavy atom. The lowest BCUT2D eigenvalue weighted by molar-refractivity contribution is -0.122. The summed E-state index contributed by atoms with van der Waals surface area (Å²) in [4.78, 5) is 26.9. The van der Waals surface area contributed by atoms with Crippen LogP contribution < -0.4 is 19.7 Å². The molecular formula is C24H25N3O5. The summed E-state index contributed by atoms with van der Waals surface area (Å²) in [5.74, 6) is 0.418. The standard InChI is InChI=1S/C24H25N3O5/c1-4-15-5-7-16(8-6-15)19-13-22(32-26-19)25-24(29)17-11-23(28)27(14-17)18-9-10-20(30-2)21(12-18)31-3/h5-10,12-13,17H,4,11,14H2,1-3H3,(H,25,29). The molecule has 0 bridgehead atoms. The van der Waals surface area contributed by atoms with Crippen LogP contribution in [0.15, 0.2) is 53.1 Å². The lowest BCUT2D eigenvalue weighted by Gasteiger charge is -2.18. The topological polar surface area (TPSA) is 93.9 Å². The molecule has 4 rings (SSSR count). The highest BCUT2D eigenvalue weighted by atomic mass is 16.5. The zero-order chi connectivity index (χ0) is 22.7. The van der Waals surface area contributed by atoms with Crippen LogP contribution in [0.2, 0.25) is 0 Å². The Morgan fingerprint density at radius 1 is 1.12 bits per heavy atom. The number of hydrogen-bond acceptors (Lipinski definition) is 6. The van der Waals surface area contributed by atoms with Crippen molar-refractivity contribution in [2.24, 2.45) is 5.92 Å². The van der Waals surface area contributed by atoms with Gasteiger partial charge in [0.1, 0.15) is 5.69 Å². The normalized spacial score (nSPS) is 15.7. The molecule has 2 aromatic carbocycles. The molecule has 8 heteroatoms. The monoisotopic (exact) mass is 435 g/mol. The van der Waals surface area contributed by atoms with E-state index in [4.69, 9.17) is 14.0 Å². The molecule has 1 N–H and O–H groups in total. The van der Waals surface area contributed by atoms with Crippen molar-refractivity contribution >= 4 is 23.4 Å². The van der Waals surface area contributed by atoms with Gasteiger partial charge in [0.15, 0.2) is 11.5 Å². The highest BCUT2D eigenvalue weighted by Gasteiger charge is 2.36. The van der Waals surface area contributed by atoms with Gasteiger partial charge in [-0.25, -0.2) is 0 Å². The number of aromatic nitrogens is 1. The first-order valence-electron chi connectivity index (χ1n) is 10.4. The van der Waals surface area contributed by atoms with Gasteiger partial charge in [0, 0.05) is 36.3 Å². The fourth-order valence-electron chi connectivity index (χ4n) is 3.73. The number of benzene rings is 2. The number of hydrogen-bond donors (Lipinski definition) is 1. The van der Waals surface area contributed by atoms with Crippen LogP contribution in [0, 0.1) is 5.92 Å². The summed E-state index contributed by atoms with van der Waals surface area (Å²) in [6.07, 6.45) is 1.07. The lowest BCUT2D eigenvalue weighted by Crippen LogP contribution is -2.28. The van der Waals surface area contributed by atoms with Gasteiger partial charge in [-0.15, -0.1) is 0 Å². The minimum absolute atomic E-state index is 0.111. The molecule has 0 saturated carbocycles. The number of aryl methyl sites for hydroxylation is 1. The van der Waals surface area contributed by atoms with E-state index in [1.165, 1.54) is 12.7 Å². The Bertz CT molecular complexity index is 1120. The van der Waals surface area contributed by atoms with E-state index >= 15 is 0 Å². The van der Waals surface area contributed by atoms with Crippen molar-refractivity contribution < 1.29 is 23.6 Å². The second-order valence-corrected chi connectivity index (χ2v) is 7.56. The average molecular weight is 435 g/mol. The third-order valence-electron chi connectivity index (χ3n) is 5.59. The number of ether oxygens (including phenoxy) is 2. The van der Waals surface area contributed by atoms with Gasteiger partial charge in [-0.3, -0.25) is 14.9 Å². The molecule has 166 valence electrons. The third kappa shape index (κ3) is 4.30. The van der Waals surface area contributed by atoms with Crippen molar-refractivity contribution in [2.75, 3.05) is 31.0 Å². The van der Waals surface area contributed by atoms with Crippen LogP contribution in [0.1, 0.15) is 18.9 Å². The summed E-state index contributed by atoms with van der Waals surface area (Å²) < 4.78 is 15.8. The number of nitrogens with zero attached hydrogens (tertiary/aromatic N) is 2. The smallest absolute Gasteiger partial charge is 0.232 e. The molecule has 32 heavy (non-hydrogen) atoms.